The molecule has 0 fully saturated rings. The highest BCUT2D eigenvalue weighted by atomic mass is 19.1. The molecule has 0 aliphatic carbocycles. The van der Waals surface area contributed by atoms with Gasteiger partial charge in [-0.3, -0.25) is 0 Å². The molecular weight excluding hydrogens is 177 g/mol. The Bertz CT molecular complexity index is 318. The van der Waals surface area contributed by atoms with Crippen LogP contribution in [0.4, 0.5) is 4.39 Å². The van der Waals surface area contributed by atoms with Crippen LogP contribution < -0.4 is 5.32 Å². The van der Waals surface area contributed by atoms with Crippen molar-refractivity contribution in [2.75, 3.05) is 6.54 Å². The molecule has 1 rings (SSSR count). The van der Waals surface area contributed by atoms with E-state index in [0.717, 1.165) is 25.1 Å². The molecule has 0 bridgehead atoms. The van der Waals surface area contributed by atoms with Gasteiger partial charge in [0.15, 0.2) is 0 Å². The van der Waals surface area contributed by atoms with Crippen LogP contribution in [0.3, 0.4) is 0 Å². The number of nitrogens with one attached hydrogen (secondary N) is 1. The first-order valence-corrected chi connectivity index (χ1v) is 4.67. The zero-order chi connectivity index (χ0) is 10.2. The van der Waals surface area contributed by atoms with Crippen LogP contribution in [0.15, 0.2) is 24.3 Å². The lowest BCUT2D eigenvalue weighted by Gasteiger charge is -2.01. The van der Waals surface area contributed by atoms with Crippen LogP contribution in [0.1, 0.15) is 18.9 Å². The Kier molecular flexibility index (Phi) is 4.74. The van der Waals surface area contributed by atoms with Crippen molar-refractivity contribution >= 4 is 0 Å². The van der Waals surface area contributed by atoms with Crippen molar-refractivity contribution in [1.82, 2.24) is 5.32 Å². The Balaban J connectivity index is 2.23. The van der Waals surface area contributed by atoms with E-state index in [1.165, 1.54) is 12.1 Å². The van der Waals surface area contributed by atoms with Gasteiger partial charge in [0.25, 0.3) is 0 Å². The van der Waals surface area contributed by atoms with E-state index in [1.54, 1.807) is 12.1 Å². The molecule has 1 aromatic carbocycles. The minimum absolute atomic E-state index is 0.189. The number of hydrogen-bond acceptors (Lipinski definition) is 1. The van der Waals surface area contributed by atoms with Crippen molar-refractivity contribution in [3.05, 3.63) is 35.6 Å². The van der Waals surface area contributed by atoms with Gasteiger partial charge in [-0.1, -0.05) is 12.1 Å². The van der Waals surface area contributed by atoms with Crippen LogP contribution in [0.2, 0.25) is 0 Å². The quantitative estimate of drug-likeness (QED) is 0.569. The van der Waals surface area contributed by atoms with Gasteiger partial charge in [0.05, 0.1) is 0 Å². The van der Waals surface area contributed by atoms with Crippen LogP contribution in [0.5, 0.6) is 0 Å². The first kappa shape index (κ1) is 10.7. The van der Waals surface area contributed by atoms with Gasteiger partial charge in [0.1, 0.15) is 5.82 Å². The van der Waals surface area contributed by atoms with Crippen molar-refractivity contribution < 1.29 is 4.39 Å². The van der Waals surface area contributed by atoms with Crippen molar-refractivity contribution in [3.63, 3.8) is 0 Å². The fraction of sp³-hybridized carbons (Fsp3) is 0.333. The normalized spacial score (nSPS) is 9.29. The molecule has 0 aromatic heterocycles. The van der Waals surface area contributed by atoms with E-state index >= 15 is 0 Å². The summed E-state index contributed by atoms with van der Waals surface area (Å²) < 4.78 is 12.5. The molecule has 14 heavy (non-hydrogen) atoms. The summed E-state index contributed by atoms with van der Waals surface area (Å²) in [5, 5.41) is 3.23. The minimum Gasteiger partial charge on any atom is -0.312 e. The molecule has 0 amide bonds. The van der Waals surface area contributed by atoms with Gasteiger partial charge in [-0.25, -0.2) is 4.39 Å². The zero-order valence-electron chi connectivity index (χ0n) is 8.31. The molecule has 0 atom stereocenters. The summed E-state index contributed by atoms with van der Waals surface area (Å²) >= 11 is 0. The molecule has 1 N–H and O–H groups in total. The van der Waals surface area contributed by atoms with Gasteiger partial charge in [-0.2, -0.15) is 0 Å². The molecule has 0 heterocycles. The summed E-state index contributed by atoms with van der Waals surface area (Å²) in [6.07, 6.45) is 0.859. The highest BCUT2D eigenvalue weighted by molar-refractivity contribution is 5.15. The Morgan fingerprint density at radius 1 is 1.29 bits per heavy atom. The Labute approximate surface area is 84.3 Å². The van der Waals surface area contributed by atoms with Crippen LogP contribution >= 0.6 is 0 Å². The monoisotopic (exact) mass is 191 g/mol. The second-order valence-electron chi connectivity index (χ2n) is 2.98. The summed E-state index contributed by atoms with van der Waals surface area (Å²) in [5.41, 5.74) is 1.09. The Hall–Kier alpha value is -1.33. The number of hydrogen-bond donors (Lipinski definition) is 1. The average Bonchev–Trinajstić information content (AvgIpc) is 2.21. The van der Waals surface area contributed by atoms with Gasteiger partial charge in [-0.15, -0.1) is 11.8 Å². The van der Waals surface area contributed by atoms with Crippen LogP contribution in [-0.2, 0) is 6.54 Å². The molecule has 1 nitrogen and oxygen atoms in total. The maximum atomic E-state index is 12.5. The predicted molar refractivity (Wildman–Crippen MR) is 56.2 cm³/mol. The lowest BCUT2D eigenvalue weighted by atomic mass is 10.2. The molecule has 2 heteroatoms. The predicted octanol–water partition coefficient (Wildman–Crippen LogP) is 2.33. The van der Waals surface area contributed by atoms with Crippen molar-refractivity contribution in [2.45, 2.75) is 19.9 Å². The molecule has 0 saturated carbocycles. The summed E-state index contributed by atoms with van der Waals surface area (Å²) in [6.45, 7) is 3.48. The average molecular weight is 191 g/mol. The topological polar surface area (TPSA) is 12.0 Å². The first-order chi connectivity index (χ1) is 6.83. The van der Waals surface area contributed by atoms with Crippen LogP contribution in [-0.4, -0.2) is 6.54 Å². The third kappa shape index (κ3) is 4.06. The number of benzene rings is 1. The molecule has 74 valence electrons. The van der Waals surface area contributed by atoms with E-state index in [4.69, 9.17) is 0 Å². The standard InChI is InChI=1S/C12H14FN/c1-2-3-4-9-14-10-11-5-7-12(13)8-6-11/h5-8,14H,4,9-10H2,1H3. The Morgan fingerprint density at radius 2 is 2.00 bits per heavy atom. The summed E-state index contributed by atoms with van der Waals surface area (Å²) in [5.74, 6) is 5.62. The van der Waals surface area contributed by atoms with E-state index in [1.807, 2.05) is 6.92 Å². The summed E-state index contributed by atoms with van der Waals surface area (Å²) in [4.78, 5) is 0. The highest BCUT2D eigenvalue weighted by Crippen LogP contribution is 2.01. The SMILES string of the molecule is CC#CCCNCc1ccc(F)cc1. The number of halogens is 1. The van der Waals surface area contributed by atoms with Crippen molar-refractivity contribution in [3.8, 4) is 11.8 Å². The Morgan fingerprint density at radius 3 is 2.64 bits per heavy atom. The highest BCUT2D eigenvalue weighted by Gasteiger charge is 1.92. The lowest BCUT2D eigenvalue weighted by Crippen LogP contribution is -2.13. The van der Waals surface area contributed by atoms with Gasteiger partial charge in [0.2, 0.25) is 0 Å². The van der Waals surface area contributed by atoms with Crippen molar-refractivity contribution in [1.29, 1.82) is 0 Å². The molecule has 0 unspecified atom stereocenters. The molecule has 0 aliphatic rings. The van der Waals surface area contributed by atoms with Gasteiger partial charge >= 0.3 is 0 Å². The summed E-state index contributed by atoms with van der Waals surface area (Å²) in [7, 11) is 0. The minimum atomic E-state index is -0.189. The molecule has 0 spiro atoms. The molecular formula is C12H14FN. The van der Waals surface area contributed by atoms with Gasteiger partial charge in [-0.05, 0) is 24.6 Å². The van der Waals surface area contributed by atoms with Gasteiger partial charge < -0.3 is 5.32 Å². The maximum absolute atomic E-state index is 12.5. The third-order valence-corrected chi connectivity index (χ3v) is 1.85. The van der Waals surface area contributed by atoms with E-state index < -0.39 is 0 Å². The number of rotatable bonds is 4. The first-order valence-electron chi connectivity index (χ1n) is 4.67. The fourth-order valence-corrected chi connectivity index (χ4v) is 1.11. The van der Waals surface area contributed by atoms with Crippen LogP contribution in [0, 0.1) is 17.7 Å². The van der Waals surface area contributed by atoms with E-state index in [-0.39, 0.29) is 5.82 Å². The molecule has 0 saturated heterocycles. The second kappa shape index (κ2) is 6.17. The zero-order valence-corrected chi connectivity index (χ0v) is 8.31. The molecule has 0 radical (unpaired) electrons. The maximum Gasteiger partial charge on any atom is 0.123 e. The molecule has 0 aliphatic heterocycles. The van der Waals surface area contributed by atoms with Crippen molar-refractivity contribution in [2.24, 2.45) is 0 Å². The lowest BCUT2D eigenvalue weighted by molar-refractivity contribution is 0.625. The van der Waals surface area contributed by atoms with E-state index in [9.17, 15) is 4.39 Å². The summed E-state index contributed by atoms with van der Waals surface area (Å²) in [6, 6.07) is 6.52. The largest absolute Gasteiger partial charge is 0.312 e. The smallest absolute Gasteiger partial charge is 0.123 e. The second-order valence-corrected chi connectivity index (χ2v) is 2.98. The van der Waals surface area contributed by atoms with Crippen LogP contribution in [0.25, 0.3) is 0 Å². The third-order valence-electron chi connectivity index (χ3n) is 1.85. The van der Waals surface area contributed by atoms with E-state index in [2.05, 4.69) is 17.2 Å². The van der Waals surface area contributed by atoms with Gasteiger partial charge in [0, 0.05) is 19.5 Å². The van der Waals surface area contributed by atoms with E-state index in [0.29, 0.717) is 0 Å². The fourth-order valence-electron chi connectivity index (χ4n) is 1.11. The molecule has 1 aromatic rings.